The molecular formula is C31H27N3O4. The maximum absolute atomic E-state index is 13.2. The predicted molar refractivity (Wildman–Crippen MR) is 144 cm³/mol. The number of benzene rings is 3. The maximum atomic E-state index is 13.2. The summed E-state index contributed by atoms with van der Waals surface area (Å²) in [5.74, 6) is 0.796. The van der Waals surface area contributed by atoms with Gasteiger partial charge >= 0.3 is 0 Å². The van der Waals surface area contributed by atoms with E-state index in [4.69, 9.17) is 15.5 Å². The molecule has 1 unspecified atom stereocenters. The fourth-order valence-electron chi connectivity index (χ4n) is 4.82. The number of aromatic nitrogens is 1. The molecule has 2 aromatic heterocycles. The van der Waals surface area contributed by atoms with Crippen molar-refractivity contribution in [2.45, 2.75) is 39.3 Å². The molecule has 0 saturated carbocycles. The van der Waals surface area contributed by atoms with E-state index in [9.17, 15) is 9.90 Å². The number of aliphatic hydroxyl groups excluding tert-OH is 1. The van der Waals surface area contributed by atoms with Crippen molar-refractivity contribution in [3.63, 3.8) is 0 Å². The summed E-state index contributed by atoms with van der Waals surface area (Å²) < 4.78 is 11.1. The van der Waals surface area contributed by atoms with E-state index in [2.05, 4.69) is 15.3 Å². The summed E-state index contributed by atoms with van der Waals surface area (Å²) in [6, 6.07) is 22.3. The Balaban J connectivity index is 1.38. The minimum atomic E-state index is -0.996. The summed E-state index contributed by atoms with van der Waals surface area (Å²) >= 11 is 0. The highest BCUT2D eigenvalue weighted by molar-refractivity contribution is 5.83. The Morgan fingerprint density at radius 3 is 2.53 bits per heavy atom. The van der Waals surface area contributed by atoms with E-state index in [1.807, 2.05) is 67.6 Å². The highest BCUT2D eigenvalue weighted by Gasteiger charge is 2.24. The van der Waals surface area contributed by atoms with Gasteiger partial charge in [0.25, 0.3) is 0 Å². The maximum Gasteiger partial charge on any atom is 0.225 e. The van der Waals surface area contributed by atoms with Gasteiger partial charge in [-0.15, -0.1) is 0 Å². The number of aryl methyl sites for hydroxylation is 3. The molecule has 0 spiro atoms. The molecule has 2 atom stereocenters. The first-order valence-corrected chi connectivity index (χ1v) is 12.3. The van der Waals surface area contributed by atoms with Crippen LogP contribution in [0.25, 0.3) is 15.8 Å². The summed E-state index contributed by atoms with van der Waals surface area (Å²) in [6.07, 6.45) is -0.824. The molecule has 0 radical (unpaired) electrons. The molecule has 3 aromatic carbocycles. The van der Waals surface area contributed by atoms with E-state index in [-0.39, 0.29) is 18.4 Å². The molecule has 7 heteroatoms. The zero-order valence-corrected chi connectivity index (χ0v) is 21.4. The molecule has 0 aliphatic carbocycles. The molecule has 190 valence electrons. The third-order valence-corrected chi connectivity index (χ3v) is 6.73. The fraction of sp³-hybridized carbons (Fsp3) is 0.194. The summed E-state index contributed by atoms with van der Waals surface area (Å²) in [6.45, 7) is 12.8. The van der Waals surface area contributed by atoms with Crippen LogP contribution < -0.4 is 5.32 Å². The number of furan rings is 1. The fourth-order valence-corrected chi connectivity index (χ4v) is 4.82. The lowest BCUT2D eigenvalue weighted by molar-refractivity contribution is -0.120. The van der Waals surface area contributed by atoms with Gasteiger partial charge in [-0.05, 0) is 55.7 Å². The Morgan fingerprint density at radius 2 is 1.84 bits per heavy atom. The Morgan fingerprint density at radius 1 is 1.05 bits per heavy atom. The topological polar surface area (TPSA) is 92.9 Å². The number of carbonyl (C=O) groups excluding carboxylic acids is 1. The highest BCUT2D eigenvalue weighted by Crippen LogP contribution is 2.32. The van der Waals surface area contributed by atoms with Gasteiger partial charge in [0, 0.05) is 5.39 Å². The van der Waals surface area contributed by atoms with Crippen molar-refractivity contribution in [1.29, 1.82) is 0 Å². The van der Waals surface area contributed by atoms with Crippen LogP contribution in [-0.4, -0.2) is 16.2 Å². The average molecular weight is 506 g/mol. The number of rotatable bonds is 7. The van der Waals surface area contributed by atoms with Crippen LogP contribution in [0.15, 0.2) is 81.7 Å². The van der Waals surface area contributed by atoms with Crippen LogP contribution in [-0.2, 0) is 11.2 Å². The normalized spacial score (nSPS) is 12.7. The number of nitrogens with zero attached hydrogens (tertiary/aromatic N) is 2. The lowest BCUT2D eigenvalue weighted by Crippen LogP contribution is -2.31. The Bertz CT molecular complexity index is 1640. The van der Waals surface area contributed by atoms with Crippen LogP contribution in [0.1, 0.15) is 57.2 Å². The number of nitrogens with one attached hydrogen (secondary N) is 1. The second-order valence-corrected chi connectivity index (χ2v) is 9.40. The zero-order valence-electron chi connectivity index (χ0n) is 21.4. The number of hydrogen-bond acceptors (Lipinski definition) is 5. The SMILES string of the molecule is [C-]#[N+]c1ccc(C(NC(=O)Cc2ccc3oc([C@@H](O)c4c(C)noc4C)cc3c2)c2ccccc2)c(C)c1. The molecule has 2 heterocycles. The monoisotopic (exact) mass is 505 g/mol. The van der Waals surface area contributed by atoms with Crippen LogP contribution in [0.4, 0.5) is 5.69 Å². The van der Waals surface area contributed by atoms with E-state index in [0.717, 1.165) is 27.6 Å². The Labute approximate surface area is 220 Å². The average Bonchev–Trinajstić information content (AvgIpc) is 3.49. The highest BCUT2D eigenvalue weighted by atomic mass is 16.5. The molecule has 2 N–H and O–H groups in total. The van der Waals surface area contributed by atoms with Crippen LogP contribution in [0.3, 0.4) is 0 Å². The van der Waals surface area contributed by atoms with E-state index >= 15 is 0 Å². The van der Waals surface area contributed by atoms with Gasteiger partial charge in [0.1, 0.15) is 23.2 Å². The molecule has 5 rings (SSSR count). The van der Waals surface area contributed by atoms with Crippen LogP contribution in [0, 0.1) is 27.3 Å². The van der Waals surface area contributed by atoms with Crippen molar-refractivity contribution >= 4 is 22.6 Å². The Hall–Kier alpha value is -4.67. The molecule has 5 aromatic rings. The lowest BCUT2D eigenvalue weighted by atomic mass is 9.94. The first-order chi connectivity index (χ1) is 18.3. The smallest absolute Gasteiger partial charge is 0.225 e. The van der Waals surface area contributed by atoms with Crippen LogP contribution in [0.5, 0.6) is 0 Å². The summed E-state index contributed by atoms with van der Waals surface area (Å²) in [5, 5.41) is 18.7. The zero-order chi connectivity index (χ0) is 26.8. The van der Waals surface area contributed by atoms with E-state index in [0.29, 0.717) is 34.0 Å². The van der Waals surface area contributed by atoms with Crippen molar-refractivity contribution < 1.29 is 18.8 Å². The van der Waals surface area contributed by atoms with Crippen molar-refractivity contribution in [2.24, 2.45) is 0 Å². The number of hydrogen-bond donors (Lipinski definition) is 2. The predicted octanol–water partition coefficient (Wildman–Crippen LogP) is 6.43. The van der Waals surface area contributed by atoms with E-state index in [1.54, 1.807) is 26.0 Å². The first-order valence-electron chi connectivity index (χ1n) is 12.3. The minimum Gasteiger partial charge on any atom is -0.458 e. The molecule has 0 aliphatic heterocycles. The summed E-state index contributed by atoms with van der Waals surface area (Å²) in [4.78, 5) is 16.8. The summed E-state index contributed by atoms with van der Waals surface area (Å²) in [5.41, 5.74) is 6.06. The van der Waals surface area contributed by atoms with Crippen molar-refractivity contribution in [2.75, 3.05) is 0 Å². The molecule has 1 amide bonds. The summed E-state index contributed by atoms with van der Waals surface area (Å²) in [7, 11) is 0. The van der Waals surface area contributed by atoms with Gasteiger partial charge < -0.3 is 19.4 Å². The van der Waals surface area contributed by atoms with Crippen molar-refractivity contribution in [1.82, 2.24) is 10.5 Å². The molecule has 7 nitrogen and oxygen atoms in total. The van der Waals surface area contributed by atoms with Gasteiger partial charge in [0.15, 0.2) is 5.69 Å². The van der Waals surface area contributed by atoms with E-state index < -0.39 is 6.10 Å². The first kappa shape index (κ1) is 25.0. The van der Waals surface area contributed by atoms with Crippen molar-refractivity contribution in [3.8, 4) is 0 Å². The number of carbonyl (C=O) groups is 1. The van der Waals surface area contributed by atoms with E-state index in [1.165, 1.54) is 0 Å². The molecule has 0 fully saturated rings. The number of amides is 1. The quantitative estimate of drug-likeness (QED) is 0.249. The van der Waals surface area contributed by atoms with Gasteiger partial charge in [0.05, 0.1) is 30.3 Å². The van der Waals surface area contributed by atoms with Gasteiger partial charge in [-0.3, -0.25) is 4.79 Å². The number of fused-ring (bicyclic) bond motifs is 1. The van der Waals surface area contributed by atoms with Crippen LogP contribution >= 0.6 is 0 Å². The standard InChI is InChI=1S/C31H27N3O4/c1-18-14-24(32-4)11-12-25(18)30(22-8-6-5-7-9-22)33-28(35)16-21-10-13-26-23(15-21)17-27(37-26)31(36)29-19(2)34-38-20(29)3/h5-15,17,30-31,36H,16H2,1-3H3,(H,33,35)/t30?,31-/m1/s1. The lowest BCUT2D eigenvalue weighted by Gasteiger charge is -2.22. The largest absolute Gasteiger partial charge is 0.458 e. The van der Waals surface area contributed by atoms with Gasteiger partial charge in [-0.25, -0.2) is 4.85 Å². The van der Waals surface area contributed by atoms with Gasteiger partial charge in [-0.1, -0.05) is 65.3 Å². The molecule has 0 bridgehead atoms. The number of aliphatic hydroxyl groups is 1. The molecular weight excluding hydrogens is 478 g/mol. The third kappa shape index (κ3) is 4.95. The molecule has 0 aliphatic rings. The van der Waals surface area contributed by atoms with Gasteiger partial charge in [0.2, 0.25) is 5.91 Å². The molecule has 0 saturated heterocycles. The van der Waals surface area contributed by atoms with Crippen molar-refractivity contribution in [3.05, 3.63) is 129 Å². The van der Waals surface area contributed by atoms with Crippen LogP contribution in [0.2, 0.25) is 0 Å². The second kappa shape index (κ2) is 10.4. The third-order valence-electron chi connectivity index (χ3n) is 6.73. The second-order valence-electron chi connectivity index (χ2n) is 9.40. The van der Waals surface area contributed by atoms with Gasteiger partial charge in [-0.2, -0.15) is 0 Å². The minimum absolute atomic E-state index is 0.133. The Kier molecular flexibility index (Phi) is 6.82. The molecule has 38 heavy (non-hydrogen) atoms.